The molecule has 2 heteroatoms. The Kier molecular flexibility index (Phi) is 5.42. The number of hydrogen-bond donors (Lipinski definition) is 2. The fourth-order valence-corrected chi connectivity index (χ4v) is 2.78. The van der Waals surface area contributed by atoms with Crippen LogP contribution in [0.2, 0.25) is 0 Å². The van der Waals surface area contributed by atoms with Gasteiger partial charge < -0.3 is 10.4 Å². The molecule has 0 fully saturated rings. The Hall–Kier alpha value is -2.42. The summed E-state index contributed by atoms with van der Waals surface area (Å²) in [5, 5.41) is 13.8. The predicted molar refractivity (Wildman–Crippen MR) is 99.6 cm³/mol. The summed E-state index contributed by atoms with van der Waals surface area (Å²) < 4.78 is 0. The molecule has 0 saturated carbocycles. The van der Waals surface area contributed by atoms with Gasteiger partial charge in [-0.05, 0) is 29.2 Å². The van der Waals surface area contributed by atoms with E-state index in [0.717, 1.165) is 12.1 Å². The van der Waals surface area contributed by atoms with Crippen LogP contribution in [0.1, 0.15) is 24.2 Å². The first kappa shape index (κ1) is 16.4. The maximum Gasteiger partial charge on any atom is 0.0940 e. The zero-order valence-electron chi connectivity index (χ0n) is 13.9. The van der Waals surface area contributed by atoms with Crippen molar-refractivity contribution in [2.24, 2.45) is 0 Å². The van der Waals surface area contributed by atoms with Crippen LogP contribution >= 0.6 is 0 Å². The SMILES string of the molecule is C[C@H](NCc1ccc(-c2ccccc2)cc1)[C@H](O)c1ccccc1. The van der Waals surface area contributed by atoms with Crippen molar-refractivity contribution in [3.8, 4) is 11.1 Å². The van der Waals surface area contributed by atoms with Gasteiger partial charge >= 0.3 is 0 Å². The number of rotatable bonds is 6. The van der Waals surface area contributed by atoms with Gasteiger partial charge in [-0.3, -0.25) is 0 Å². The first-order chi connectivity index (χ1) is 11.7. The second kappa shape index (κ2) is 7.91. The van der Waals surface area contributed by atoms with Gasteiger partial charge in [-0.2, -0.15) is 0 Å². The van der Waals surface area contributed by atoms with E-state index >= 15 is 0 Å². The van der Waals surface area contributed by atoms with Crippen molar-refractivity contribution in [1.29, 1.82) is 0 Å². The van der Waals surface area contributed by atoms with Crippen molar-refractivity contribution in [3.63, 3.8) is 0 Å². The molecule has 0 radical (unpaired) electrons. The van der Waals surface area contributed by atoms with Crippen LogP contribution in [-0.4, -0.2) is 11.1 Å². The Morgan fingerprint density at radius 3 is 1.92 bits per heavy atom. The van der Waals surface area contributed by atoms with Crippen molar-refractivity contribution >= 4 is 0 Å². The Labute approximate surface area is 143 Å². The molecule has 0 aliphatic rings. The van der Waals surface area contributed by atoms with Gasteiger partial charge in [0.1, 0.15) is 0 Å². The van der Waals surface area contributed by atoms with E-state index in [1.54, 1.807) is 0 Å². The van der Waals surface area contributed by atoms with Crippen LogP contribution in [0.15, 0.2) is 84.9 Å². The number of aliphatic hydroxyl groups excluding tert-OH is 1. The van der Waals surface area contributed by atoms with E-state index in [9.17, 15) is 5.11 Å². The summed E-state index contributed by atoms with van der Waals surface area (Å²) in [6.45, 7) is 2.75. The molecule has 2 N–H and O–H groups in total. The minimum absolute atomic E-state index is 0.0128. The third-order valence-electron chi connectivity index (χ3n) is 4.30. The summed E-state index contributed by atoms with van der Waals surface area (Å²) in [6, 6.07) is 28.7. The highest BCUT2D eigenvalue weighted by Gasteiger charge is 2.15. The molecule has 2 nitrogen and oxygen atoms in total. The van der Waals surface area contributed by atoms with Crippen LogP contribution < -0.4 is 5.32 Å². The van der Waals surface area contributed by atoms with Crippen LogP contribution in [-0.2, 0) is 6.54 Å². The lowest BCUT2D eigenvalue weighted by molar-refractivity contribution is 0.135. The molecule has 0 aliphatic heterocycles. The van der Waals surface area contributed by atoms with Gasteiger partial charge in [-0.15, -0.1) is 0 Å². The molecule has 0 heterocycles. The monoisotopic (exact) mass is 317 g/mol. The zero-order valence-corrected chi connectivity index (χ0v) is 13.9. The van der Waals surface area contributed by atoms with E-state index in [1.807, 2.05) is 43.3 Å². The highest BCUT2D eigenvalue weighted by Crippen LogP contribution is 2.20. The van der Waals surface area contributed by atoms with E-state index in [2.05, 4.69) is 53.8 Å². The Balaban J connectivity index is 1.59. The van der Waals surface area contributed by atoms with Crippen molar-refractivity contribution < 1.29 is 5.11 Å². The van der Waals surface area contributed by atoms with Gasteiger partial charge in [0.2, 0.25) is 0 Å². The smallest absolute Gasteiger partial charge is 0.0940 e. The fraction of sp³-hybridized carbons (Fsp3) is 0.182. The largest absolute Gasteiger partial charge is 0.387 e. The first-order valence-corrected chi connectivity index (χ1v) is 8.35. The average Bonchev–Trinajstić information content (AvgIpc) is 2.67. The minimum Gasteiger partial charge on any atom is -0.387 e. The van der Waals surface area contributed by atoms with Gasteiger partial charge in [0.05, 0.1) is 6.10 Å². The molecule has 0 unspecified atom stereocenters. The lowest BCUT2D eigenvalue weighted by Crippen LogP contribution is -2.31. The van der Waals surface area contributed by atoms with Crippen LogP contribution in [0.5, 0.6) is 0 Å². The Bertz CT molecular complexity index is 738. The maximum absolute atomic E-state index is 10.4. The average molecular weight is 317 g/mol. The normalized spacial score (nSPS) is 13.4. The van der Waals surface area contributed by atoms with Crippen molar-refractivity contribution in [1.82, 2.24) is 5.32 Å². The standard InChI is InChI=1S/C22H23NO/c1-17(22(24)21-10-6-3-7-11-21)23-16-18-12-14-20(15-13-18)19-8-4-2-5-9-19/h2-15,17,22-24H,16H2,1H3/t17-,22-/m0/s1. The summed E-state index contributed by atoms with van der Waals surface area (Å²) in [5.74, 6) is 0. The molecule has 0 saturated heterocycles. The van der Waals surface area contributed by atoms with E-state index < -0.39 is 6.10 Å². The molecule has 0 aliphatic carbocycles. The van der Waals surface area contributed by atoms with E-state index in [4.69, 9.17) is 0 Å². The molecule has 3 rings (SSSR count). The van der Waals surface area contributed by atoms with Crippen LogP contribution in [0.3, 0.4) is 0 Å². The summed E-state index contributed by atoms with van der Waals surface area (Å²) in [7, 11) is 0. The van der Waals surface area contributed by atoms with E-state index in [0.29, 0.717) is 0 Å². The maximum atomic E-state index is 10.4. The summed E-state index contributed by atoms with van der Waals surface area (Å²) in [6.07, 6.45) is -0.505. The number of nitrogens with one attached hydrogen (secondary N) is 1. The molecule has 24 heavy (non-hydrogen) atoms. The lowest BCUT2D eigenvalue weighted by Gasteiger charge is -2.20. The molecule has 0 spiro atoms. The third-order valence-corrected chi connectivity index (χ3v) is 4.30. The molecule has 0 bridgehead atoms. The fourth-order valence-electron chi connectivity index (χ4n) is 2.78. The highest BCUT2D eigenvalue weighted by atomic mass is 16.3. The van der Waals surface area contributed by atoms with Crippen LogP contribution in [0.4, 0.5) is 0 Å². The Morgan fingerprint density at radius 1 is 0.750 bits per heavy atom. The second-order valence-electron chi connectivity index (χ2n) is 6.09. The number of aliphatic hydroxyl groups is 1. The van der Waals surface area contributed by atoms with Crippen LogP contribution in [0, 0.1) is 0 Å². The molecule has 122 valence electrons. The molecular weight excluding hydrogens is 294 g/mol. The van der Waals surface area contributed by atoms with Gasteiger partial charge in [-0.1, -0.05) is 84.9 Å². The molecular formula is C22H23NO. The molecule has 0 amide bonds. The lowest BCUT2D eigenvalue weighted by atomic mass is 10.0. The summed E-state index contributed by atoms with van der Waals surface area (Å²) >= 11 is 0. The van der Waals surface area contributed by atoms with Crippen molar-refractivity contribution in [2.45, 2.75) is 25.6 Å². The second-order valence-corrected chi connectivity index (χ2v) is 6.09. The zero-order chi connectivity index (χ0) is 16.8. The van der Waals surface area contributed by atoms with Crippen molar-refractivity contribution in [3.05, 3.63) is 96.1 Å². The van der Waals surface area contributed by atoms with Gasteiger partial charge in [0.25, 0.3) is 0 Å². The molecule has 3 aromatic carbocycles. The molecule has 3 aromatic rings. The number of hydrogen-bond acceptors (Lipinski definition) is 2. The van der Waals surface area contributed by atoms with E-state index in [-0.39, 0.29) is 6.04 Å². The predicted octanol–water partition coefficient (Wildman–Crippen LogP) is 4.57. The third kappa shape index (κ3) is 4.10. The van der Waals surface area contributed by atoms with E-state index in [1.165, 1.54) is 16.7 Å². The summed E-state index contributed by atoms with van der Waals surface area (Å²) in [5.41, 5.74) is 4.60. The topological polar surface area (TPSA) is 32.3 Å². The highest BCUT2D eigenvalue weighted by molar-refractivity contribution is 5.63. The minimum atomic E-state index is -0.505. The van der Waals surface area contributed by atoms with Crippen LogP contribution in [0.25, 0.3) is 11.1 Å². The molecule has 2 atom stereocenters. The van der Waals surface area contributed by atoms with Crippen molar-refractivity contribution in [2.75, 3.05) is 0 Å². The Morgan fingerprint density at radius 2 is 1.29 bits per heavy atom. The first-order valence-electron chi connectivity index (χ1n) is 8.35. The van der Waals surface area contributed by atoms with Gasteiger partial charge in [0.15, 0.2) is 0 Å². The number of benzene rings is 3. The quantitative estimate of drug-likeness (QED) is 0.698. The van der Waals surface area contributed by atoms with Gasteiger partial charge in [0, 0.05) is 12.6 Å². The summed E-state index contributed by atoms with van der Waals surface area (Å²) in [4.78, 5) is 0. The molecule has 0 aromatic heterocycles. The van der Waals surface area contributed by atoms with Gasteiger partial charge in [-0.25, -0.2) is 0 Å².